The maximum absolute atomic E-state index is 13.2. The van der Waals surface area contributed by atoms with Crippen molar-refractivity contribution in [2.24, 2.45) is 0 Å². The van der Waals surface area contributed by atoms with Crippen LogP contribution in [0.5, 0.6) is 0 Å². The Morgan fingerprint density at radius 1 is 1.56 bits per heavy atom. The van der Waals surface area contributed by atoms with E-state index in [1.807, 2.05) is 0 Å². The Bertz CT molecular complexity index is 441. The first kappa shape index (κ1) is 13.0. The highest BCUT2D eigenvalue weighted by atomic mass is 19.1. The van der Waals surface area contributed by atoms with E-state index in [4.69, 9.17) is 5.11 Å². The summed E-state index contributed by atoms with van der Waals surface area (Å²) < 4.78 is 13.2. The molecular weight excluding hydrogens is 233 g/mol. The van der Waals surface area contributed by atoms with E-state index in [2.05, 4.69) is 5.32 Å². The lowest BCUT2D eigenvalue weighted by Crippen LogP contribution is -2.36. The largest absolute Gasteiger partial charge is 0.393 e. The molecule has 1 aromatic rings. The molecule has 0 heterocycles. The summed E-state index contributed by atoms with van der Waals surface area (Å²) in [6.45, 7) is 2.14. The molecule has 0 spiro atoms. The second-order valence-electron chi connectivity index (χ2n) is 4.99. The second kappa shape index (κ2) is 5.06. The molecule has 0 bridgehead atoms. The first-order chi connectivity index (χ1) is 8.54. The highest BCUT2D eigenvalue weighted by molar-refractivity contribution is 5.91. The Hall–Kier alpha value is -1.42. The molecule has 1 atom stereocenters. The van der Waals surface area contributed by atoms with Crippen molar-refractivity contribution in [2.45, 2.75) is 37.7 Å². The molecule has 1 unspecified atom stereocenters. The van der Waals surface area contributed by atoms with Crippen LogP contribution in [0.3, 0.4) is 0 Å². The van der Waals surface area contributed by atoms with Gasteiger partial charge in [0, 0.05) is 6.54 Å². The van der Waals surface area contributed by atoms with Crippen LogP contribution in [0.1, 0.15) is 31.7 Å². The maximum Gasteiger partial charge on any atom is 0.230 e. The third-order valence-corrected chi connectivity index (χ3v) is 3.41. The first-order valence-corrected chi connectivity index (χ1v) is 6.27. The van der Waals surface area contributed by atoms with Crippen LogP contribution in [-0.4, -0.2) is 23.7 Å². The maximum atomic E-state index is 13.2. The van der Waals surface area contributed by atoms with E-state index in [0.29, 0.717) is 13.0 Å². The van der Waals surface area contributed by atoms with Gasteiger partial charge in [0.15, 0.2) is 0 Å². The number of rotatable bonds is 5. The van der Waals surface area contributed by atoms with Crippen molar-refractivity contribution in [2.75, 3.05) is 6.54 Å². The molecule has 4 heteroatoms. The molecule has 1 saturated carbocycles. The molecule has 0 radical (unpaired) electrons. The first-order valence-electron chi connectivity index (χ1n) is 6.27. The third-order valence-electron chi connectivity index (χ3n) is 3.41. The number of carbonyl (C=O) groups excluding carboxylic acids is 1. The molecule has 2 N–H and O–H groups in total. The minimum Gasteiger partial charge on any atom is -0.393 e. The summed E-state index contributed by atoms with van der Waals surface area (Å²) in [5, 5.41) is 11.9. The minimum atomic E-state index is -0.541. The highest BCUT2D eigenvalue weighted by Gasteiger charge is 2.51. The lowest BCUT2D eigenvalue weighted by atomic mass is 9.95. The molecule has 1 fully saturated rings. The fraction of sp³-hybridized carbons (Fsp3) is 0.500. The van der Waals surface area contributed by atoms with Crippen molar-refractivity contribution in [3.63, 3.8) is 0 Å². The molecule has 98 valence electrons. The zero-order valence-corrected chi connectivity index (χ0v) is 10.4. The number of carbonyl (C=O) groups is 1. The number of halogens is 1. The number of benzene rings is 1. The van der Waals surface area contributed by atoms with Gasteiger partial charge in [0.05, 0.1) is 11.5 Å². The van der Waals surface area contributed by atoms with Crippen LogP contribution in [0.25, 0.3) is 0 Å². The summed E-state index contributed by atoms with van der Waals surface area (Å²) in [6.07, 6.45) is 1.63. The molecule has 2 rings (SSSR count). The van der Waals surface area contributed by atoms with Gasteiger partial charge in [0.2, 0.25) is 5.91 Å². The van der Waals surface area contributed by atoms with Gasteiger partial charge < -0.3 is 10.4 Å². The van der Waals surface area contributed by atoms with Gasteiger partial charge in [-0.1, -0.05) is 12.1 Å². The molecule has 1 amide bonds. The van der Waals surface area contributed by atoms with E-state index in [0.717, 1.165) is 18.4 Å². The summed E-state index contributed by atoms with van der Waals surface area (Å²) in [4.78, 5) is 12.1. The Kier molecular flexibility index (Phi) is 3.66. The van der Waals surface area contributed by atoms with Gasteiger partial charge in [-0.15, -0.1) is 0 Å². The van der Waals surface area contributed by atoms with Gasteiger partial charge in [0.25, 0.3) is 0 Å². The molecule has 0 aliphatic heterocycles. The van der Waals surface area contributed by atoms with E-state index in [9.17, 15) is 9.18 Å². The standard InChI is InChI=1S/C14H18FNO2/c1-10(17)5-8-16-13(18)14(6-7-14)11-3-2-4-12(15)9-11/h2-4,9-10,17H,5-8H2,1H3,(H,16,18). The molecule has 3 nitrogen and oxygen atoms in total. The number of aliphatic hydroxyl groups is 1. The van der Waals surface area contributed by atoms with E-state index < -0.39 is 11.5 Å². The van der Waals surface area contributed by atoms with Crippen molar-refractivity contribution >= 4 is 5.91 Å². The third kappa shape index (κ3) is 2.70. The van der Waals surface area contributed by atoms with Crippen molar-refractivity contribution in [1.29, 1.82) is 0 Å². The predicted octanol–water partition coefficient (Wildman–Crippen LogP) is 1.74. The van der Waals surface area contributed by atoms with Crippen LogP contribution in [0, 0.1) is 5.82 Å². The van der Waals surface area contributed by atoms with Gasteiger partial charge >= 0.3 is 0 Å². The van der Waals surface area contributed by atoms with Crippen molar-refractivity contribution in [3.8, 4) is 0 Å². The summed E-state index contributed by atoms with van der Waals surface area (Å²) in [5.74, 6) is -0.371. The lowest BCUT2D eigenvalue weighted by molar-refractivity contribution is -0.123. The number of amides is 1. The number of hydrogen-bond donors (Lipinski definition) is 2. The van der Waals surface area contributed by atoms with Gasteiger partial charge in [0.1, 0.15) is 5.82 Å². The molecule has 1 aliphatic carbocycles. The lowest BCUT2D eigenvalue weighted by Gasteiger charge is -2.16. The number of hydrogen-bond acceptors (Lipinski definition) is 2. The molecular formula is C14H18FNO2. The monoisotopic (exact) mass is 251 g/mol. The van der Waals surface area contributed by atoms with Crippen LogP contribution in [0.15, 0.2) is 24.3 Å². The molecule has 1 aromatic carbocycles. The van der Waals surface area contributed by atoms with Gasteiger partial charge in [-0.2, -0.15) is 0 Å². The summed E-state index contributed by atoms with van der Waals surface area (Å²) >= 11 is 0. The SMILES string of the molecule is CC(O)CCNC(=O)C1(c2cccc(F)c2)CC1. The second-order valence-corrected chi connectivity index (χ2v) is 4.99. The van der Waals surface area contributed by atoms with Gasteiger partial charge in [-0.3, -0.25) is 4.79 Å². The topological polar surface area (TPSA) is 49.3 Å². The van der Waals surface area contributed by atoms with E-state index >= 15 is 0 Å². The van der Waals surface area contributed by atoms with E-state index in [1.54, 1.807) is 19.1 Å². The molecule has 18 heavy (non-hydrogen) atoms. The normalized spacial score (nSPS) is 18.2. The van der Waals surface area contributed by atoms with Crippen molar-refractivity contribution < 1.29 is 14.3 Å². The molecule has 0 aromatic heterocycles. The van der Waals surface area contributed by atoms with Gasteiger partial charge in [-0.25, -0.2) is 4.39 Å². The Morgan fingerprint density at radius 3 is 2.83 bits per heavy atom. The van der Waals surface area contributed by atoms with Crippen molar-refractivity contribution in [1.82, 2.24) is 5.32 Å². The zero-order chi connectivity index (χ0) is 13.2. The molecule has 0 saturated heterocycles. The summed E-state index contributed by atoms with van der Waals surface area (Å²) in [7, 11) is 0. The fourth-order valence-corrected chi connectivity index (χ4v) is 2.12. The number of nitrogens with one attached hydrogen (secondary N) is 1. The predicted molar refractivity (Wildman–Crippen MR) is 66.6 cm³/mol. The number of aliphatic hydroxyl groups excluding tert-OH is 1. The fourth-order valence-electron chi connectivity index (χ4n) is 2.12. The van der Waals surface area contributed by atoms with Crippen molar-refractivity contribution in [3.05, 3.63) is 35.6 Å². The Balaban J connectivity index is 2.01. The smallest absolute Gasteiger partial charge is 0.230 e. The van der Waals surface area contributed by atoms with Gasteiger partial charge in [-0.05, 0) is 43.9 Å². The van der Waals surface area contributed by atoms with Crippen LogP contribution >= 0.6 is 0 Å². The Morgan fingerprint density at radius 2 is 2.28 bits per heavy atom. The average molecular weight is 251 g/mol. The quantitative estimate of drug-likeness (QED) is 0.837. The molecule has 1 aliphatic rings. The summed E-state index contributed by atoms with van der Waals surface area (Å²) in [6, 6.07) is 6.24. The van der Waals surface area contributed by atoms with Crippen LogP contribution in [0.2, 0.25) is 0 Å². The van der Waals surface area contributed by atoms with E-state index in [-0.39, 0.29) is 11.7 Å². The average Bonchev–Trinajstić information content (AvgIpc) is 3.09. The Labute approximate surface area is 106 Å². The highest BCUT2D eigenvalue weighted by Crippen LogP contribution is 2.48. The van der Waals surface area contributed by atoms with E-state index in [1.165, 1.54) is 12.1 Å². The minimum absolute atomic E-state index is 0.0613. The van der Waals surface area contributed by atoms with Crippen LogP contribution in [-0.2, 0) is 10.2 Å². The summed E-state index contributed by atoms with van der Waals surface area (Å²) in [5.41, 5.74) is 0.206. The van der Waals surface area contributed by atoms with Crippen LogP contribution in [0.4, 0.5) is 4.39 Å². The zero-order valence-electron chi connectivity index (χ0n) is 10.4. The van der Waals surface area contributed by atoms with Crippen LogP contribution < -0.4 is 5.32 Å².